The van der Waals surface area contributed by atoms with Gasteiger partial charge in [-0.1, -0.05) is 61.0 Å². The molecule has 4 fully saturated rings. The van der Waals surface area contributed by atoms with Crippen molar-refractivity contribution in [2.24, 2.45) is 5.92 Å². The van der Waals surface area contributed by atoms with E-state index >= 15 is 0 Å². The number of aromatic nitrogens is 2. The van der Waals surface area contributed by atoms with Gasteiger partial charge in [-0.15, -0.1) is 6.07 Å². The number of nitrogens with one attached hydrogen (secondary N) is 1. The van der Waals surface area contributed by atoms with Crippen LogP contribution in [-0.2, 0) is 30.0 Å². The zero-order valence-corrected chi connectivity index (χ0v) is 39.1. The summed E-state index contributed by atoms with van der Waals surface area (Å²) in [5.74, 6) is 2.11. The van der Waals surface area contributed by atoms with E-state index in [9.17, 15) is 24.0 Å². The Bertz CT molecular complexity index is 2470. The Morgan fingerprint density at radius 3 is 2.37 bits per heavy atom. The van der Waals surface area contributed by atoms with Gasteiger partial charge >= 0.3 is 29.6 Å². The summed E-state index contributed by atoms with van der Waals surface area (Å²) in [5.41, 5.74) is 6.39. The van der Waals surface area contributed by atoms with Crippen LogP contribution in [0.25, 0.3) is 16.6 Å². The number of carbonyl (C=O) groups excluding carboxylic acids is 4. The van der Waals surface area contributed by atoms with Crippen LogP contribution in [0.15, 0.2) is 53.3 Å². The number of imide groups is 1. The van der Waals surface area contributed by atoms with Gasteiger partial charge in [-0.05, 0) is 118 Å². The Hall–Kier alpha value is -4.00. The SMILES string of the molecule is [CH2-]CC(=O)N[C-]=O.[CH2-]c1c([C-]=O)ccc2c1OCC21CCN(C(=O)C2CCCC(N3CCC(c4ccc5c(c4)-n4c(nc(=O)c6c(Cl)cccc64)C54CCCCC4)CC3)C2)CC1.[Na+]. The first-order valence-corrected chi connectivity index (χ1v) is 22.8. The van der Waals surface area contributed by atoms with Gasteiger partial charge in [0.1, 0.15) is 5.82 Å². The summed E-state index contributed by atoms with van der Waals surface area (Å²) in [7, 11) is 0. The smallest absolute Gasteiger partial charge is 0.562 e. The van der Waals surface area contributed by atoms with Gasteiger partial charge < -0.3 is 41.2 Å². The van der Waals surface area contributed by atoms with Crippen molar-refractivity contribution in [1.82, 2.24) is 24.7 Å². The van der Waals surface area contributed by atoms with E-state index in [2.05, 4.69) is 46.4 Å². The van der Waals surface area contributed by atoms with Gasteiger partial charge in [0.15, 0.2) is 0 Å². The predicted molar refractivity (Wildman–Crippen MR) is 238 cm³/mol. The molecule has 2 saturated heterocycles. The monoisotopic (exact) mass is 878 g/mol. The number of carbonyl (C=O) groups is 2. The molecular formula is C50H54ClN5NaO6-3. The normalized spacial score (nSPS) is 22.2. The Kier molecular flexibility index (Phi) is 13.6. The van der Waals surface area contributed by atoms with E-state index in [0.717, 1.165) is 126 Å². The number of fused-ring (bicyclic) bond motifs is 9. The molecule has 4 aliphatic heterocycles. The summed E-state index contributed by atoms with van der Waals surface area (Å²) in [4.78, 5) is 67.6. The third kappa shape index (κ3) is 8.19. The van der Waals surface area contributed by atoms with Crippen LogP contribution >= 0.6 is 11.6 Å². The van der Waals surface area contributed by atoms with E-state index in [1.54, 1.807) is 11.4 Å². The number of rotatable bonds is 6. The first-order valence-electron chi connectivity index (χ1n) is 22.5. The third-order valence-electron chi connectivity index (χ3n) is 15.2. The number of piperidine rings is 2. The molecule has 6 aliphatic rings. The van der Waals surface area contributed by atoms with Crippen LogP contribution in [0.2, 0.25) is 5.02 Å². The molecule has 326 valence electrons. The molecule has 3 aromatic carbocycles. The molecule has 2 saturated carbocycles. The maximum Gasteiger partial charge on any atom is 1.00 e. The van der Waals surface area contributed by atoms with Crippen LogP contribution in [0.1, 0.15) is 129 Å². The molecule has 0 radical (unpaired) electrons. The molecule has 13 heteroatoms. The minimum atomic E-state index is -0.407. The quantitative estimate of drug-likeness (QED) is 0.172. The van der Waals surface area contributed by atoms with Crippen molar-refractivity contribution in [3.63, 3.8) is 0 Å². The second kappa shape index (κ2) is 18.8. The molecule has 5 heterocycles. The number of hydrogen-bond donors (Lipinski definition) is 1. The molecule has 63 heavy (non-hydrogen) atoms. The molecule has 2 aliphatic carbocycles. The second-order valence-corrected chi connectivity index (χ2v) is 18.7. The number of likely N-dealkylation sites (tertiary alicyclic amines) is 2. The Labute approximate surface area is 397 Å². The standard InChI is InChI=1S/C46H49ClN4O4.C4H5NO2.Na/c1-29-33(27-52)12-14-36-41(29)55-28-45(36)19-23-50(24-20-45)43(54)32-7-5-8-34(25-32)49-21-15-30(16-22-49)31-11-13-35-39(26-31)51-38-10-6-9-37(47)40(38)42(53)48-44(51)46(35)17-3-2-4-18-46;1-2-4(7)5-3-6;/h6,9-14,26,30,32,34H,1-5,7-8,15-25,28H2;1-2H2,(H,5,6,7);/q2*-2;+1. The summed E-state index contributed by atoms with van der Waals surface area (Å²) >= 11 is 6.62. The maximum absolute atomic E-state index is 14.0. The minimum Gasteiger partial charge on any atom is -0.562 e. The number of nitrogens with zero attached hydrogens (tertiary/aromatic N) is 4. The topological polar surface area (TPSA) is 131 Å². The summed E-state index contributed by atoms with van der Waals surface area (Å²) in [6.45, 7) is 11.5. The van der Waals surface area contributed by atoms with Gasteiger partial charge in [0.05, 0.1) is 40.0 Å². The predicted octanol–water partition coefficient (Wildman–Crippen LogP) is 4.33. The van der Waals surface area contributed by atoms with Crippen LogP contribution in [-0.4, -0.2) is 82.7 Å². The molecule has 11 nitrogen and oxygen atoms in total. The van der Waals surface area contributed by atoms with Crippen molar-refractivity contribution in [3.8, 4) is 11.4 Å². The van der Waals surface area contributed by atoms with E-state index in [-0.39, 0.29) is 58.3 Å². The van der Waals surface area contributed by atoms with Gasteiger partial charge in [-0.3, -0.25) is 32.2 Å². The molecule has 2 unspecified atom stereocenters. The van der Waals surface area contributed by atoms with Crippen LogP contribution < -0.4 is 45.2 Å². The minimum absolute atomic E-state index is 0. The van der Waals surface area contributed by atoms with Crippen LogP contribution in [0.3, 0.4) is 0 Å². The molecule has 2 atom stereocenters. The number of benzene rings is 3. The largest absolute Gasteiger partial charge is 1.00 e. The average Bonchev–Trinajstić information content (AvgIpc) is 3.79. The summed E-state index contributed by atoms with van der Waals surface area (Å²) in [5, 5.41) is 2.76. The van der Waals surface area contributed by atoms with Gasteiger partial charge in [-0.25, -0.2) is 6.07 Å². The van der Waals surface area contributed by atoms with Crippen molar-refractivity contribution >= 4 is 47.0 Å². The zero-order valence-electron chi connectivity index (χ0n) is 36.3. The maximum atomic E-state index is 14.0. The van der Waals surface area contributed by atoms with E-state index in [4.69, 9.17) is 21.3 Å². The first kappa shape index (κ1) is 45.6. The van der Waals surface area contributed by atoms with Crippen molar-refractivity contribution < 1.29 is 53.5 Å². The van der Waals surface area contributed by atoms with Crippen molar-refractivity contribution in [2.75, 3.05) is 32.8 Å². The van der Waals surface area contributed by atoms with Crippen LogP contribution in [0, 0.1) is 19.8 Å². The fraction of sp³-hybridized carbons (Fsp3) is 0.480. The van der Waals surface area contributed by atoms with Crippen molar-refractivity contribution in [1.29, 1.82) is 0 Å². The molecular weight excluding hydrogens is 825 g/mol. The van der Waals surface area contributed by atoms with Gasteiger partial charge in [0.2, 0.25) is 5.91 Å². The molecule has 3 amide bonds. The summed E-state index contributed by atoms with van der Waals surface area (Å²) in [6.07, 6.45) is 16.9. The molecule has 10 rings (SSSR count). The van der Waals surface area contributed by atoms with Crippen LogP contribution in [0.4, 0.5) is 0 Å². The number of hydrogen-bond acceptors (Lipinski definition) is 8. The van der Waals surface area contributed by atoms with E-state index in [0.29, 0.717) is 46.0 Å². The van der Waals surface area contributed by atoms with Crippen molar-refractivity contribution in [3.05, 3.63) is 111 Å². The van der Waals surface area contributed by atoms with Gasteiger partial charge in [-0.2, -0.15) is 11.4 Å². The van der Waals surface area contributed by atoms with E-state index in [1.165, 1.54) is 29.6 Å². The average molecular weight is 879 g/mol. The molecule has 1 aromatic heterocycles. The third-order valence-corrected chi connectivity index (χ3v) is 15.5. The fourth-order valence-electron chi connectivity index (χ4n) is 11.8. The molecule has 2 spiro atoms. The Morgan fingerprint density at radius 2 is 1.67 bits per heavy atom. The molecule has 4 aromatic rings. The molecule has 1 N–H and O–H groups in total. The number of halogens is 1. The van der Waals surface area contributed by atoms with Gasteiger partial charge in [0, 0.05) is 36.4 Å². The second-order valence-electron chi connectivity index (χ2n) is 18.3. The Balaban J connectivity index is 0.000000631. The zero-order chi connectivity index (χ0) is 43.2. The van der Waals surface area contributed by atoms with Gasteiger partial charge in [0.25, 0.3) is 5.56 Å². The van der Waals surface area contributed by atoms with E-state index < -0.39 is 5.91 Å². The number of ether oxygens (including phenoxy) is 1. The van der Waals surface area contributed by atoms with E-state index in [1.807, 2.05) is 30.6 Å². The molecule has 0 bridgehead atoms. The van der Waals surface area contributed by atoms with Crippen molar-refractivity contribution in [2.45, 2.75) is 113 Å². The first-order chi connectivity index (χ1) is 30.1. The number of amides is 3. The summed E-state index contributed by atoms with van der Waals surface area (Å²) < 4.78 is 8.38. The summed E-state index contributed by atoms with van der Waals surface area (Å²) in [6, 6.07) is 17.2. The fourth-order valence-corrected chi connectivity index (χ4v) is 12.1. The van der Waals surface area contributed by atoms with Crippen LogP contribution in [0.5, 0.6) is 5.75 Å². The Morgan fingerprint density at radius 1 is 0.921 bits per heavy atom.